The number of ether oxygens (including phenoxy) is 1. The standard InChI is InChI=1S/C16H27NO3/c1-6-10-16(7-2)12-17(11-8-9-13(16)18)14(19)20-15(3,4)5/h6H,1,7-12H2,2-5H3/t16-/m1/s1. The first kappa shape index (κ1) is 16.7. The van der Waals surface area contributed by atoms with Crippen LogP contribution in [-0.2, 0) is 9.53 Å². The van der Waals surface area contributed by atoms with Gasteiger partial charge in [-0.25, -0.2) is 4.79 Å². The molecule has 1 atom stereocenters. The number of amides is 1. The Bertz CT molecular complexity index is 384. The summed E-state index contributed by atoms with van der Waals surface area (Å²) in [4.78, 5) is 26.3. The van der Waals surface area contributed by atoms with E-state index in [1.54, 1.807) is 11.0 Å². The molecular weight excluding hydrogens is 254 g/mol. The molecule has 0 aromatic carbocycles. The van der Waals surface area contributed by atoms with Crippen LogP contribution < -0.4 is 0 Å². The van der Waals surface area contributed by atoms with Gasteiger partial charge < -0.3 is 9.64 Å². The van der Waals surface area contributed by atoms with Crippen molar-refractivity contribution < 1.29 is 14.3 Å². The van der Waals surface area contributed by atoms with Gasteiger partial charge in [-0.2, -0.15) is 0 Å². The van der Waals surface area contributed by atoms with Gasteiger partial charge >= 0.3 is 6.09 Å². The molecule has 1 aliphatic heterocycles. The lowest BCUT2D eigenvalue weighted by atomic mass is 9.76. The SMILES string of the molecule is C=CC[C@]1(CC)CN(C(=O)OC(C)(C)C)CCCC1=O. The summed E-state index contributed by atoms with van der Waals surface area (Å²) in [7, 11) is 0. The molecule has 1 amide bonds. The molecule has 0 unspecified atom stereocenters. The van der Waals surface area contributed by atoms with E-state index in [-0.39, 0.29) is 11.9 Å². The summed E-state index contributed by atoms with van der Waals surface area (Å²) < 4.78 is 5.43. The summed E-state index contributed by atoms with van der Waals surface area (Å²) in [6.07, 6.45) is 4.02. The Morgan fingerprint density at radius 2 is 2.15 bits per heavy atom. The van der Waals surface area contributed by atoms with Crippen LogP contribution in [0.3, 0.4) is 0 Å². The summed E-state index contributed by atoms with van der Waals surface area (Å²) in [6.45, 7) is 12.3. The highest BCUT2D eigenvalue weighted by Gasteiger charge is 2.40. The summed E-state index contributed by atoms with van der Waals surface area (Å²) in [6, 6.07) is 0. The molecule has 1 fully saturated rings. The van der Waals surface area contributed by atoms with Gasteiger partial charge in [0.15, 0.2) is 0 Å². The maximum Gasteiger partial charge on any atom is 0.410 e. The fraction of sp³-hybridized carbons (Fsp3) is 0.750. The molecule has 0 aliphatic carbocycles. The van der Waals surface area contributed by atoms with E-state index in [0.717, 1.165) is 6.42 Å². The smallest absolute Gasteiger partial charge is 0.410 e. The zero-order chi connectivity index (χ0) is 15.4. The molecule has 1 saturated heterocycles. The van der Waals surface area contributed by atoms with E-state index in [9.17, 15) is 9.59 Å². The molecule has 0 aromatic rings. The first-order valence-electron chi connectivity index (χ1n) is 7.36. The van der Waals surface area contributed by atoms with Crippen LogP contribution in [0.5, 0.6) is 0 Å². The Balaban J connectivity index is 2.91. The number of likely N-dealkylation sites (tertiary alicyclic amines) is 1. The van der Waals surface area contributed by atoms with Crippen molar-refractivity contribution in [3.05, 3.63) is 12.7 Å². The lowest BCUT2D eigenvalue weighted by molar-refractivity contribution is -0.128. The van der Waals surface area contributed by atoms with Crippen molar-refractivity contribution in [2.24, 2.45) is 5.41 Å². The highest BCUT2D eigenvalue weighted by Crippen LogP contribution is 2.34. The van der Waals surface area contributed by atoms with E-state index >= 15 is 0 Å². The monoisotopic (exact) mass is 281 g/mol. The molecular formula is C16H27NO3. The minimum atomic E-state index is -0.513. The number of rotatable bonds is 3. The van der Waals surface area contributed by atoms with Gasteiger partial charge in [-0.15, -0.1) is 6.58 Å². The van der Waals surface area contributed by atoms with Gasteiger partial charge in [0.25, 0.3) is 0 Å². The third kappa shape index (κ3) is 4.09. The molecule has 0 saturated carbocycles. The average Bonchev–Trinajstić information content (AvgIpc) is 2.49. The molecule has 0 spiro atoms. The van der Waals surface area contributed by atoms with Crippen LogP contribution in [0.4, 0.5) is 4.79 Å². The molecule has 0 radical (unpaired) electrons. The number of allylic oxidation sites excluding steroid dienone is 1. The molecule has 0 bridgehead atoms. The summed E-state index contributed by atoms with van der Waals surface area (Å²) in [5, 5.41) is 0. The number of nitrogens with zero attached hydrogens (tertiary/aromatic N) is 1. The molecule has 1 aliphatic rings. The van der Waals surface area contributed by atoms with Crippen molar-refractivity contribution in [1.29, 1.82) is 0 Å². The van der Waals surface area contributed by atoms with Gasteiger partial charge in [0.2, 0.25) is 0 Å². The Labute approximate surface area is 122 Å². The number of hydrogen-bond donors (Lipinski definition) is 0. The molecule has 4 nitrogen and oxygen atoms in total. The fourth-order valence-electron chi connectivity index (χ4n) is 2.62. The Morgan fingerprint density at radius 1 is 1.50 bits per heavy atom. The van der Waals surface area contributed by atoms with E-state index in [2.05, 4.69) is 6.58 Å². The van der Waals surface area contributed by atoms with Crippen molar-refractivity contribution >= 4 is 11.9 Å². The second-order valence-electron chi connectivity index (χ2n) is 6.56. The highest BCUT2D eigenvalue weighted by atomic mass is 16.6. The van der Waals surface area contributed by atoms with Crippen molar-refractivity contribution in [1.82, 2.24) is 4.90 Å². The topological polar surface area (TPSA) is 46.6 Å². The van der Waals surface area contributed by atoms with E-state index in [1.807, 2.05) is 27.7 Å². The number of carbonyl (C=O) groups excluding carboxylic acids is 2. The minimum absolute atomic E-state index is 0.242. The molecule has 0 N–H and O–H groups in total. The molecule has 114 valence electrons. The average molecular weight is 281 g/mol. The van der Waals surface area contributed by atoms with Crippen molar-refractivity contribution in [2.75, 3.05) is 13.1 Å². The van der Waals surface area contributed by atoms with E-state index in [1.165, 1.54) is 0 Å². The van der Waals surface area contributed by atoms with E-state index < -0.39 is 11.0 Å². The van der Waals surface area contributed by atoms with Crippen molar-refractivity contribution in [3.8, 4) is 0 Å². The Kier molecular flexibility index (Phi) is 5.37. The number of ketones is 1. The van der Waals surface area contributed by atoms with Gasteiger partial charge in [0.1, 0.15) is 11.4 Å². The molecule has 1 heterocycles. The number of hydrogen-bond acceptors (Lipinski definition) is 3. The second-order valence-corrected chi connectivity index (χ2v) is 6.56. The van der Waals surface area contributed by atoms with E-state index in [4.69, 9.17) is 4.74 Å². The summed E-state index contributed by atoms with van der Waals surface area (Å²) >= 11 is 0. The summed E-state index contributed by atoms with van der Waals surface area (Å²) in [5.41, 5.74) is -1.00. The van der Waals surface area contributed by atoms with Crippen LogP contribution >= 0.6 is 0 Å². The van der Waals surface area contributed by atoms with Crippen LogP contribution in [0, 0.1) is 5.41 Å². The van der Waals surface area contributed by atoms with Crippen LogP contribution in [-0.4, -0.2) is 35.5 Å². The van der Waals surface area contributed by atoms with Gasteiger partial charge in [0.05, 0.1) is 0 Å². The predicted octanol–water partition coefficient (Wildman–Crippen LogP) is 3.56. The quantitative estimate of drug-likeness (QED) is 0.743. The fourth-order valence-corrected chi connectivity index (χ4v) is 2.62. The van der Waals surface area contributed by atoms with E-state index in [0.29, 0.717) is 32.4 Å². The molecule has 20 heavy (non-hydrogen) atoms. The van der Waals surface area contributed by atoms with Crippen molar-refractivity contribution in [2.45, 2.75) is 59.0 Å². The maximum atomic E-state index is 12.4. The summed E-state index contributed by atoms with van der Waals surface area (Å²) in [5.74, 6) is 0.242. The van der Waals surface area contributed by atoms with Crippen LogP contribution in [0.2, 0.25) is 0 Å². The van der Waals surface area contributed by atoms with Crippen LogP contribution in [0.25, 0.3) is 0 Å². The van der Waals surface area contributed by atoms with Crippen molar-refractivity contribution in [3.63, 3.8) is 0 Å². The van der Waals surface area contributed by atoms with Gasteiger partial charge in [-0.1, -0.05) is 13.0 Å². The maximum absolute atomic E-state index is 12.4. The predicted molar refractivity (Wildman–Crippen MR) is 79.6 cm³/mol. The van der Waals surface area contributed by atoms with Gasteiger partial charge in [-0.05, 0) is 40.0 Å². The first-order chi connectivity index (χ1) is 9.24. The minimum Gasteiger partial charge on any atom is -0.444 e. The normalized spacial score (nSPS) is 24.2. The molecule has 1 rings (SSSR count). The van der Waals surface area contributed by atoms with Crippen LogP contribution in [0.15, 0.2) is 12.7 Å². The Morgan fingerprint density at radius 3 is 2.65 bits per heavy atom. The third-order valence-corrected chi connectivity index (χ3v) is 3.78. The molecule has 0 aromatic heterocycles. The number of carbonyl (C=O) groups is 2. The zero-order valence-electron chi connectivity index (χ0n) is 13.2. The van der Waals surface area contributed by atoms with Crippen LogP contribution in [0.1, 0.15) is 53.4 Å². The third-order valence-electron chi connectivity index (χ3n) is 3.78. The Hall–Kier alpha value is -1.32. The number of Topliss-reactive ketones (excluding diaryl/α,β-unsaturated/α-hetero) is 1. The van der Waals surface area contributed by atoms with Gasteiger partial charge in [0, 0.05) is 24.9 Å². The lowest BCUT2D eigenvalue weighted by Gasteiger charge is -2.34. The second kappa shape index (κ2) is 6.42. The van der Waals surface area contributed by atoms with Gasteiger partial charge in [-0.3, -0.25) is 4.79 Å². The zero-order valence-corrected chi connectivity index (χ0v) is 13.2. The highest BCUT2D eigenvalue weighted by molar-refractivity contribution is 5.86. The molecule has 4 heteroatoms. The largest absolute Gasteiger partial charge is 0.444 e. The lowest BCUT2D eigenvalue weighted by Crippen LogP contribution is -2.44. The first-order valence-corrected chi connectivity index (χ1v) is 7.36.